The Morgan fingerprint density at radius 1 is 0.841 bits per heavy atom. The second-order valence-electron chi connectivity index (χ2n) is 10.9. The zero-order valence-electron chi connectivity index (χ0n) is 25.1. The topological polar surface area (TPSA) is 183 Å². The average Bonchev–Trinajstić information content (AvgIpc) is 2.93. The van der Waals surface area contributed by atoms with Gasteiger partial charge in [0.2, 0.25) is 18.1 Å². The van der Waals surface area contributed by atoms with Crippen LogP contribution in [0.4, 0.5) is 0 Å². The molecule has 2 aliphatic rings. The van der Waals surface area contributed by atoms with Gasteiger partial charge >= 0.3 is 29.5 Å². The molecular formula is C30H36O14. The van der Waals surface area contributed by atoms with Gasteiger partial charge in [-0.2, -0.15) is 0 Å². The average molecular weight is 621 g/mol. The fraction of sp³-hybridized carbons (Fsp3) is 0.567. The van der Waals surface area contributed by atoms with Crippen LogP contribution >= 0.6 is 0 Å². The standard InChI is InChI=1S/C30H36O14/c1-14-6-8-19(9-7-14)41-26-24(35)21-11-10-20(12-22(21)43-29(26)36)42-30-28(40-18(5)34)27(39-17(4)33)25(38-16(3)32)23(44-30)13-37-15(2)31/h10-12,14,19,23,25,27-28,30,35H,6-9,13H2,1-5H3/t14-,19-,23-,25-,27+,28+,30+/m1/s1. The van der Waals surface area contributed by atoms with Gasteiger partial charge in [-0.15, -0.1) is 0 Å². The summed E-state index contributed by atoms with van der Waals surface area (Å²) in [5.41, 5.74) is -0.918. The van der Waals surface area contributed by atoms with Crippen molar-refractivity contribution in [3.63, 3.8) is 0 Å². The summed E-state index contributed by atoms with van der Waals surface area (Å²) in [5, 5.41) is 11.1. The van der Waals surface area contributed by atoms with Gasteiger partial charge in [0.25, 0.3) is 0 Å². The first-order chi connectivity index (χ1) is 20.8. The number of esters is 4. The minimum Gasteiger partial charge on any atom is -0.504 e. The normalized spacial score (nSPS) is 26.7. The van der Waals surface area contributed by atoms with E-state index >= 15 is 0 Å². The van der Waals surface area contributed by atoms with Gasteiger partial charge in [-0.1, -0.05) is 6.92 Å². The van der Waals surface area contributed by atoms with Crippen molar-refractivity contribution < 1.29 is 61.9 Å². The predicted octanol–water partition coefficient (Wildman–Crippen LogP) is 2.92. The fourth-order valence-corrected chi connectivity index (χ4v) is 5.26. The molecule has 0 bridgehead atoms. The Balaban J connectivity index is 1.66. The molecule has 0 radical (unpaired) electrons. The van der Waals surface area contributed by atoms with Crippen LogP contribution in [0.5, 0.6) is 17.2 Å². The number of aromatic hydroxyl groups is 1. The molecule has 240 valence electrons. The molecule has 44 heavy (non-hydrogen) atoms. The molecule has 1 N–H and O–H groups in total. The molecule has 1 saturated heterocycles. The van der Waals surface area contributed by atoms with Crippen molar-refractivity contribution in [2.75, 3.05) is 6.61 Å². The van der Waals surface area contributed by atoms with E-state index in [1.165, 1.54) is 18.2 Å². The van der Waals surface area contributed by atoms with Gasteiger partial charge < -0.3 is 42.7 Å². The molecule has 5 atom stereocenters. The van der Waals surface area contributed by atoms with Gasteiger partial charge in [0, 0.05) is 33.8 Å². The van der Waals surface area contributed by atoms with E-state index in [0.717, 1.165) is 53.4 Å². The van der Waals surface area contributed by atoms with E-state index in [9.17, 15) is 29.1 Å². The van der Waals surface area contributed by atoms with Crippen LogP contribution in [-0.4, -0.2) is 72.4 Å². The lowest BCUT2D eigenvalue weighted by molar-refractivity contribution is -0.288. The first kappa shape index (κ1) is 32.6. The molecule has 1 aromatic heterocycles. The first-order valence-electron chi connectivity index (χ1n) is 14.3. The van der Waals surface area contributed by atoms with Crippen LogP contribution in [0.25, 0.3) is 11.0 Å². The predicted molar refractivity (Wildman–Crippen MR) is 149 cm³/mol. The smallest absolute Gasteiger partial charge is 0.383 e. The van der Waals surface area contributed by atoms with E-state index in [1.54, 1.807) is 0 Å². The molecule has 0 unspecified atom stereocenters. The summed E-state index contributed by atoms with van der Waals surface area (Å²) in [6, 6.07) is 4.17. The van der Waals surface area contributed by atoms with E-state index < -0.39 is 66.8 Å². The van der Waals surface area contributed by atoms with Crippen molar-refractivity contribution in [1.29, 1.82) is 0 Å². The molecule has 0 spiro atoms. The summed E-state index contributed by atoms with van der Waals surface area (Å²) < 4.78 is 44.4. The Morgan fingerprint density at radius 3 is 2.07 bits per heavy atom. The number of carbonyl (C=O) groups excluding carboxylic acids is 4. The Hall–Kier alpha value is -4.33. The van der Waals surface area contributed by atoms with Crippen molar-refractivity contribution in [2.24, 2.45) is 5.92 Å². The number of fused-ring (bicyclic) bond motifs is 1. The summed E-state index contributed by atoms with van der Waals surface area (Å²) in [5.74, 6) is -3.06. The van der Waals surface area contributed by atoms with Crippen LogP contribution in [-0.2, 0) is 42.9 Å². The number of ether oxygens (including phenoxy) is 7. The maximum Gasteiger partial charge on any atom is 0.383 e. The zero-order valence-corrected chi connectivity index (χ0v) is 25.1. The largest absolute Gasteiger partial charge is 0.504 e. The van der Waals surface area contributed by atoms with E-state index in [1.807, 2.05) is 0 Å². The molecule has 2 aromatic rings. The van der Waals surface area contributed by atoms with Gasteiger partial charge in [0.15, 0.2) is 18.0 Å². The summed E-state index contributed by atoms with van der Waals surface area (Å²) in [4.78, 5) is 60.4. The van der Waals surface area contributed by atoms with Gasteiger partial charge in [-0.05, 0) is 43.7 Å². The molecule has 14 nitrogen and oxygen atoms in total. The van der Waals surface area contributed by atoms with E-state index in [0.29, 0.717) is 5.92 Å². The second-order valence-corrected chi connectivity index (χ2v) is 10.9. The number of carbonyl (C=O) groups is 4. The van der Waals surface area contributed by atoms with Gasteiger partial charge in [-0.3, -0.25) is 19.2 Å². The number of hydrogen-bond donors (Lipinski definition) is 1. The van der Waals surface area contributed by atoms with Crippen molar-refractivity contribution in [1.82, 2.24) is 0 Å². The summed E-state index contributed by atoms with van der Waals surface area (Å²) >= 11 is 0. The molecule has 0 amide bonds. The molecule has 1 saturated carbocycles. The third-order valence-corrected chi connectivity index (χ3v) is 7.26. The summed E-state index contributed by atoms with van der Waals surface area (Å²) in [6.45, 7) is 6.20. The molecule has 4 rings (SSSR count). The Labute approximate surface area is 252 Å². The lowest BCUT2D eigenvalue weighted by Crippen LogP contribution is -2.63. The highest BCUT2D eigenvalue weighted by molar-refractivity contribution is 5.86. The SMILES string of the molecule is CC(=O)OC[C@H]1O[C@H](Oc2ccc3c(O)c(O[C@H]4CC[C@H](C)CC4)c(=O)oc3c2)[C@@H](OC(C)=O)[C@@H](OC(C)=O)[C@@H]1OC(C)=O. The minimum atomic E-state index is -1.50. The highest BCUT2D eigenvalue weighted by atomic mass is 16.7. The molecule has 1 aliphatic heterocycles. The molecule has 14 heteroatoms. The zero-order chi connectivity index (χ0) is 32.1. The summed E-state index contributed by atoms with van der Waals surface area (Å²) in [7, 11) is 0. The maximum absolute atomic E-state index is 12.8. The highest BCUT2D eigenvalue weighted by Crippen LogP contribution is 2.37. The maximum atomic E-state index is 12.8. The van der Waals surface area contributed by atoms with Crippen LogP contribution in [0.1, 0.15) is 60.3 Å². The number of benzene rings is 1. The lowest BCUT2D eigenvalue weighted by Gasteiger charge is -2.43. The van der Waals surface area contributed by atoms with Crippen molar-refractivity contribution >= 4 is 34.8 Å². The van der Waals surface area contributed by atoms with Crippen LogP contribution in [0.15, 0.2) is 27.4 Å². The summed E-state index contributed by atoms with van der Waals surface area (Å²) in [6.07, 6.45) is -3.77. The molecular weight excluding hydrogens is 584 g/mol. The van der Waals surface area contributed by atoms with Gasteiger partial charge in [0.1, 0.15) is 24.0 Å². The van der Waals surface area contributed by atoms with Crippen LogP contribution in [0.3, 0.4) is 0 Å². The Bertz CT molecular complexity index is 1440. The van der Waals surface area contributed by atoms with Gasteiger partial charge in [-0.25, -0.2) is 4.79 Å². The lowest BCUT2D eigenvalue weighted by atomic mass is 9.89. The van der Waals surface area contributed by atoms with Crippen molar-refractivity contribution in [3.8, 4) is 17.2 Å². The van der Waals surface area contributed by atoms with Crippen molar-refractivity contribution in [2.45, 2.75) is 97.1 Å². The third kappa shape index (κ3) is 7.98. The monoisotopic (exact) mass is 620 g/mol. The Morgan fingerprint density at radius 2 is 1.45 bits per heavy atom. The fourth-order valence-electron chi connectivity index (χ4n) is 5.26. The second kappa shape index (κ2) is 14.0. The van der Waals surface area contributed by atoms with E-state index in [4.69, 9.17) is 37.6 Å². The minimum absolute atomic E-state index is 0.0379. The van der Waals surface area contributed by atoms with Gasteiger partial charge in [0.05, 0.1) is 11.5 Å². The third-order valence-electron chi connectivity index (χ3n) is 7.26. The van der Waals surface area contributed by atoms with Crippen LogP contribution in [0, 0.1) is 5.92 Å². The van der Waals surface area contributed by atoms with Crippen molar-refractivity contribution in [3.05, 3.63) is 28.6 Å². The first-order valence-corrected chi connectivity index (χ1v) is 14.3. The molecule has 2 heterocycles. The highest BCUT2D eigenvalue weighted by Gasteiger charge is 2.53. The molecule has 1 aromatic carbocycles. The van der Waals surface area contributed by atoms with Crippen LogP contribution < -0.4 is 15.1 Å². The number of rotatable bonds is 9. The van der Waals surface area contributed by atoms with Crippen LogP contribution in [0.2, 0.25) is 0 Å². The molecule has 1 aliphatic carbocycles. The Kier molecular flexibility index (Phi) is 10.3. The molecule has 2 fully saturated rings. The van der Waals surface area contributed by atoms with E-state index in [2.05, 4.69) is 6.92 Å². The number of hydrogen-bond acceptors (Lipinski definition) is 14. The van der Waals surface area contributed by atoms with E-state index in [-0.39, 0.29) is 34.3 Å². The quantitative estimate of drug-likeness (QED) is 0.245.